The highest BCUT2D eigenvalue weighted by molar-refractivity contribution is 6.06. The summed E-state index contributed by atoms with van der Waals surface area (Å²) in [6, 6.07) is 18.8. The van der Waals surface area contributed by atoms with Crippen LogP contribution < -0.4 is 10.9 Å². The van der Waals surface area contributed by atoms with Gasteiger partial charge in [-0.1, -0.05) is 48.5 Å². The molecule has 1 amide bonds. The Bertz CT molecular complexity index is 1070. The maximum Gasteiger partial charge on any atom is 0.252 e. The molecule has 30 heavy (non-hydrogen) atoms. The van der Waals surface area contributed by atoms with Crippen LogP contribution in [0.1, 0.15) is 28.4 Å². The standard InChI is InChI=1S/C24H27N3O3/c1-26-22-10-6-5-9-19(22)20(17-23(26)28)24(29)25-21(18-7-3-2-4-8-18)11-12-27-13-15-30-16-14-27/h2-10,17,21H,11-16H2,1H3,(H,25,29)/t21-/m0/s1. The second kappa shape index (κ2) is 9.24. The topological polar surface area (TPSA) is 63.6 Å². The normalized spacial score (nSPS) is 15.8. The molecule has 0 bridgehead atoms. The van der Waals surface area contributed by atoms with Crippen molar-refractivity contribution in [2.24, 2.45) is 7.05 Å². The molecule has 2 heterocycles. The molecule has 2 aromatic carbocycles. The van der Waals surface area contributed by atoms with E-state index in [0.29, 0.717) is 5.56 Å². The Hall–Kier alpha value is -2.96. The first-order valence-electron chi connectivity index (χ1n) is 10.4. The van der Waals surface area contributed by atoms with Gasteiger partial charge < -0.3 is 14.6 Å². The van der Waals surface area contributed by atoms with Gasteiger partial charge in [-0.25, -0.2) is 0 Å². The van der Waals surface area contributed by atoms with Crippen LogP contribution in [-0.4, -0.2) is 48.2 Å². The van der Waals surface area contributed by atoms with Gasteiger partial charge in [0.05, 0.1) is 30.3 Å². The monoisotopic (exact) mass is 405 g/mol. The van der Waals surface area contributed by atoms with E-state index in [4.69, 9.17) is 4.74 Å². The van der Waals surface area contributed by atoms with Crippen LogP contribution in [0.15, 0.2) is 65.5 Å². The number of nitrogens with one attached hydrogen (secondary N) is 1. The zero-order valence-electron chi connectivity index (χ0n) is 17.2. The van der Waals surface area contributed by atoms with Gasteiger partial charge in [0.25, 0.3) is 11.5 Å². The second-order valence-electron chi connectivity index (χ2n) is 7.65. The van der Waals surface area contributed by atoms with Crippen LogP contribution in [0, 0.1) is 0 Å². The zero-order valence-corrected chi connectivity index (χ0v) is 17.2. The molecule has 0 aliphatic carbocycles. The van der Waals surface area contributed by atoms with Crippen LogP contribution in [0.4, 0.5) is 0 Å². The van der Waals surface area contributed by atoms with E-state index >= 15 is 0 Å². The molecule has 156 valence electrons. The predicted octanol–water partition coefficient (Wildman–Crippen LogP) is 2.73. The molecule has 3 aromatic rings. The first-order chi connectivity index (χ1) is 14.6. The summed E-state index contributed by atoms with van der Waals surface area (Å²) in [4.78, 5) is 28.0. The largest absolute Gasteiger partial charge is 0.379 e. The molecule has 0 spiro atoms. The highest BCUT2D eigenvalue weighted by atomic mass is 16.5. The minimum absolute atomic E-state index is 0.135. The van der Waals surface area contributed by atoms with Crippen LogP contribution in [0.3, 0.4) is 0 Å². The quantitative estimate of drug-likeness (QED) is 0.685. The van der Waals surface area contributed by atoms with Gasteiger partial charge in [-0.3, -0.25) is 14.5 Å². The number of hydrogen-bond acceptors (Lipinski definition) is 4. The molecule has 0 radical (unpaired) electrons. The van der Waals surface area contributed by atoms with E-state index in [-0.39, 0.29) is 17.5 Å². The van der Waals surface area contributed by atoms with Crippen LogP contribution in [0.5, 0.6) is 0 Å². The molecule has 6 heteroatoms. The van der Waals surface area contributed by atoms with Gasteiger partial charge in [0.15, 0.2) is 0 Å². The van der Waals surface area contributed by atoms with Gasteiger partial charge in [-0.05, 0) is 18.1 Å². The lowest BCUT2D eigenvalue weighted by atomic mass is 10.0. The minimum Gasteiger partial charge on any atom is -0.379 e. The maximum absolute atomic E-state index is 13.3. The van der Waals surface area contributed by atoms with Gasteiger partial charge >= 0.3 is 0 Å². The lowest BCUT2D eigenvalue weighted by Gasteiger charge is -2.29. The number of morpholine rings is 1. The Morgan fingerprint density at radius 1 is 1.07 bits per heavy atom. The molecule has 4 rings (SSSR count). The third-order valence-electron chi connectivity index (χ3n) is 5.74. The van der Waals surface area contributed by atoms with E-state index in [1.54, 1.807) is 11.6 Å². The lowest BCUT2D eigenvalue weighted by molar-refractivity contribution is 0.0360. The number of benzene rings is 2. The van der Waals surface area contributed by atoms with Crippen LogP contribution in [0.25, 0.3) is 10.9 Å². The molecule has 1 aliphatic heterocycles. The SMILES string of the molecule is Cn1c(=O)cc(C(=O)N[C@@H](CCN2CCOCC2)c2ccccc2)c2ccccc21. The van der Waals surface area contributed by atoms with Gasteiger partial charge in [-0.2, -0.15) is 0 Å². The van der Waals surface area contributed by atoms with E-state index in [2.05, 4.69) is 10.2 Å². The Balaban J connectivity index is 1.59. The van der Waals surface area contributed by atoms with Crippen LogP contribution in [-0.2, 0) is 11.8 Å². The number of carbonyl (C=O) groups excluding carboxylic acids is 1. The van der Waals surface area contributed by atoms with E-state index in [9.17, 15) is 9.59 Å². The summed E-state index contributed by atoms with van der Waals surface area (Å²) in [6.07, 6.45) is 0.790. The summed E-state index contributed by atoms with van der Waals surface area (Å²) in [7, 11) is 1.72. The summed E-state index contributed by atoms with van der Waals surface area (Å²) in [5.74, 6) is -0.222. The lowest BCUT2D eigenvalue weighted by Crippen LogP contribution is -2.39. The minimum atomic E-state index is -0.222. The molecule has 0 saturated carbocycles. The number of nitrogens with zero attached hydrogens (tertiary/aromatic N) is 2. The summed E-state index contributed by atoms with van der Waals surface area (Å²) in [6.45, 7) is 4.20. The number of carbonyl (C=O) groups is 1. The van der Waals surface area contributed by atoms with Crippen molar-refractivity contribution >= 4 is 16.8 Å². The predicted molar refractivity (Wildman–Crippen MR) is 118 cm³/mol. The highest BCUT2D eigenvalue weighted by Crippen LogP contribution is 2.21. The average molecular weight is 405 g/mol. The summed E-state index contributed by atoms with van der Waals surface area (Å²) >= 11 is 0. The van der Waals surface area contributed by atoms with Gasteiger partial charge in [0, 0.05) is 38.1 Å². The van der Waals surface area contributed by atoms with Gasteiger partial charge in [0.2, 0.25) is 0 Å². The van der Waals surface area contributed by atoms with Crippen molar-refractivity contribution in [1.82, 2.24) is 14.8 Å². The Labute approximate surface area is 176 Å². The molecule has 1 saturated heterocycles. The summed E-state index contributed by atoms with van der Waals surface area (Å²) < 4.78 is 7.00. The molecule has 1 fully saturated rings. The third kappa shape index (κ3) is 4.45. The second-order valence-corrected chi connectivity index (χ2v) is 7.65. The molecular weight excluding hydrogens is 378 g/mol. The number of hydrogen-bond donors (Lipinski definition) is 1. The van der Waals surface area contributed by atoms with Crippen molar-refractivity contribution < 1.29 is 9.53 Å². The van der Waals surface area contributed by atoms with E-state index in [1.807, 2.05) is 54.6 Å². The molecule has 1 N–H and O–H groups in total. The molecule has 0 unspecified atom stereocenters. The summed E-state index contributed by atoms with van der Waals surface area (Å²) in [5, 5.41) is 3.96. The molecule has 6 nitrogen and oxygen atoms in total. The fourth-order valence-electron chi connectivity index (χ4n) is 3.98. The van der Waals surface area contributed by atoms with Gasteiger partial charge in [-0.15, -0.1) is 0 Å². The Kier molecular flexibility index (Phi) is 6.26. The van der Waals surface area contributed by atoms with Crippen molar-refractivity contribution in [1.29, 1.82) is 0 Å². The smallest absolute Gasteiger partial charge is 0.252 e. The Morgan fingerprint density at radius 3 is 2.53 bits per heavy atom. The fourth-order valence-corrected chi connectivity index (χ4v) is 3.98. The van der Waals surface area contributed by atoms with Crippen molar-refractivity contribution in [2.75, 3.05) is 32.8 Å². The van der Waals surface area contributed by atoms with Crippen molar-refractivity contribution in [2.45, 2.75) is 12.5 Å². The number of pyridine rings is 1. The zero-order chi connectivity index (χ0) is 20.9. The average Bonchev–Trinajstić information content (AvgIpc) is 2.80. The molecule has 1 aliphatic rings. The van der Waals surface area contributed by atoms with Crippen molar-refractivity contribution in [3.8, 4) is 0 Å². The first kappa shape index (κ1) is 20.3. The van der Waals surface area contributed by atoms with Crippen molar-refractivity contribution in [3.63, 3.8) is 0 Å². The van der Waals surface area contributed by atoms with E-state index in [0.717, 1.165) is 55.7 Å². The molecule has 1 aromatic heterocycles. The number of fused-ring (bicyclic) bond motifs is 1. The number of rotatable bonds is 6. The molecule has 1 atom stereocenters. The van der Waals surface area contributed by atoms with Gasteiger partial charge in [0.1, 0.15) is 0 Å². The third-order valence-corrected chi connectivity index (χ3v) is 5.74. The number of aryl methyl sites for hydroxylation is 1. The van der Waals surface area contributed by atoms with E-state index < -0.39 is 0 Å². The number of ether oxygens (including phenoxy) is 1. The highest BCUT2D eigenvalue weighted by Gasteiger charge is 2.20. The molecular formula is C24H27N3O3. The number of para-hydroxylation sites is 1. The fraction of sp³-hybridized carbons (Fsp3) is 0.333. The van der Waals surface area contributed by atoms with Crippen LogP contribution in [0.2, 0.25) is 0 Å². The summed E-state index contributed by atoms with van der Waals surface area (Å²) in [5.41, 5.74) is 2.04. The number of amides is 1. The Morgan fingerprint density at radius 2 is 1.77 bits per heavy atom. The number of aromatic nitrogens is 1. The first-order valence-corrected chi connectivity index (χ1v) is 10.4. The maximum atomic E-state index is 13.3. The van der Waals surface area contributed by atoms with E-state index in [1.165, 1.54) is 6.07 Å². The van der Waals surface area contributed by atoms with Crippen LogP contribution >= 0.6 is 0 Å². The van der Waals surface area contributed by atoms with Crippen molar-refractivity contribution in [3.05, 3.63) is 82.1 Å².